The summed E-state index contributed by atoms with van der Waals surface area (Å²) in [6.45, 7) is 0.326. The SMILES string of the molecule is O=C1N[C@H](Cc2ccccc2)COC(=O)[C@H](Cc2ccccc2)CC=CC[C@@H]1CC(=O)N1Cc2ccccc2C[C@H]1CO. The number of aliphatic hydroxyl groups excluding tert-OH is 1. The zero-order valence-corrected chi connectivity index (χ0v) is 24.4. The van der Waals surface area contributed by atoms with Crippen LogP contribution in [0.15, 0.2) is 97.1 Å². The van der Waals surface area contributed by atoms with Crippen LogP contribution in [-0.2, 0) is 44.9 Å². The van der Waals surface area contributed by atoms with Crippen LogP contribution in [0, 0.1) is 11.8 Å². The molecule has 5 rings (SSSR count). The molecule has 0 aliphatic carbocycles. The minimum absolute atomic E-state index is 0.0279. The maximum Gasteiger partial charge on any atom is 0.309 e. The van der Waals surface area contributed by atoms with Crippen molar-refractivity contribution in [2.45, 2.75) is 57.2 Å². The molecule has 2 aliphatic heterocycles. The third-order valence-electron chi connectivity index (χ3n) is 8.44. The molecule has 0 bridgehead atoms. The number of allylic oxidation sites excluding steroid dienone is 2. The zero-order chi connectivity index (χ0) is 30.0. The van der Waals surface area contributed by atoms with Crippen molar-refractivity contribution in [2.24, 2.45) is 11.8 Å². The molecule has 0 fully saturated rings. The van der Waals surface area contributed by atoms with Crippen LogP contribution in [0.4, 0.5) is 0 Å². The Morgan fingerprint density at radius 3 is 2.09 bits per heavy atom. The van der Waals surface area contributed by atoms with Gasteiger partial charge in [-0.1, -0.05) is 97.1 Å². The van der Waals surface area contributed by atoms with E-state index in [0.29, 0.717) is 38.6 Å². The summed E-state index contributed by atoms with van der Waals surface area (Å²) in [4.78, 5) is 42.3. The van der Waals surface area contributed by atoms with Gasteiger partial charge in [0.2, 0.25) is 11.8 Å². The quantitative estimate of drug-likeness (QED) is 0.319. The van der Waals surface area contributed by atoms with E-state index in [0.717, 1.165) is 22.3 Å². The summed E-state index contributed by atoms with van der Waals surface area (Å²) >= 11 is 0. The molecule has 4 atom stereocenters. The molecular formula is C36H40N2O5. The van der Waals surface area contributed by atoms with Crippen molar-refractivity contribution < 1.29 is 24.2 Å². The summed E-state index contributed by atoms with van der Waals surface area (Å²) in [6.07, 6.45) is 6.35. The van der Waals surface area contributed by atoms with E-state index >= 15 is 0 Å². The lowest BCUT2D eigenvalue weighted by atomic mass is 9.91. The average molecular weight is 581 g/mol. The molecule has 2 amide bonds. The molecular weight excluding hydrogens is 540 g/mol. The van der Waals surface area contributed by atoms with Crippen LogP contribution < -0.4 is 5.32 Å². The van der Waals surface area contributed by atoms with E-state index in [2.05, 4.69) is 5.32 Å². The fraction of sp³-hybridized carbons (Fsp3) is 0.361. The van der Waals surface area contributed by atoms with Crippen molar-refractivity contribution in [2.75, 3.05) is 13.2 Å². The van der Waals surface area contributed by atoms with Crippen LogP contribution in [0.5, 0.6) is 0 Å². The van der Waals surface area contributed by atoms with Crippen LogP contribution in [0.3, 0.4) is 0 Å². The number of nitrogens with one attached hydrogen (secondary N) is 1. The summed E-state index contributed by atoms with van der Waals surface area (Å²) in [5, 5.41) is 13.2. The second-order valence-electron chi connectivity index (χ2n) is 11.6. The van der Waals surface area contributed by atoms with Crippen molar-refractivity contribution in [1.82, 2.24) is 10.2 Å². The maximum atomic E-state index is 13.7. The number of carbonyl (C=O) groups excluding carboxylic acids is 3. The van der Waals surface area contributed by atoms with Gasteiger partial charge in [-0.3, -0.25) is 14.4 Å². The molecule has 0 saturated heterocycles. The number of aliphatic hydroxyl groups is 1. The number of ether oxygens (including phenoxy) is 1. The molecule has 2 aliphatic rings. The van der Waals surface area contributed by atoms with Crippen LogP contribution in [-0.4, -0.2) is 53.1 Å². The molecule has 43 heavy (non-hydrogen) atoms. The Kier molecular flexibility index (Phi) is 10.4. The molecule has 0 spiro atoms. The topological polar surface area (TPSA) is 95.9 Å². The van der Waals surface area contributed by atoms with Gasteiger partial charge in [0.15, 0.2) is 0 Å². The number of fused-ring (bicyclic) bond motifs is 1. The van der Waals surface area contributed by atoms with Crippen LogP contribution in [0.1, 0.15) is 41.5 Å². The van der Waals surface area contributed by atoms with Crippen molar-refractivity contribution in [3.05, 3.63) is 119 Å². The molecule has 224 valence electrons. The highest BCUT2D eigenvalue weighted by atomic mass is 16.5. The van der Waals surface area contributed by atoms with Gasteiger partial charge in [-0.05, 0) is 54.4 Å². The Morgan fingerprint density at radius 1 is 0.814 bits per heavy atom. The minimum Gasteiger partial charge on any atom is -0.463 e. The summed E-state index contributed by atoms with van der Waals surface area (Å²) in [5.74, 6) is -1.63. The fourth-order valence-corrected chi connectivity index (χ4v) is 6.01. The predicted octanol–water partition coefficient (Wildman–Crippen LogP) is 4.42. The van der Waals surface area contributed by atoms with Gasteiger partial charge in [0.25, 0.3) is 0 Å². The van der Waals surface area contributed by atoms with Crippen molar-refractivity contribution in [3.8, 4) is 0 Å². The summed E-state index contributed by atoms with van der Waals surface area (Å²) in [7, 11) is 0. The normalized spacial score (nSPS) is 22.9. The Bertz CT molecular complexity index is 1410. The second-order valence-corrected chi connectivity index (χ2v) is 11.6. The van der Waals surface area contributed by atoms with E-state index < -0.39 is 12.0 Å². The smallest absolute Gasteiger partial charge is 0.309 e. The molecule has 3 aromatic carbocycles. The largest absolute Gasteiger partial charge is 0.463 e. The third-order valence-corrected chi connectivity index (χ3v) is 8.44. The Balaban J connectivity index is 1.35. The third kappa shape index (κ3) is 8.20. The van der Waals surface area contributed by atoms with Gasteiger partial charge in [0.05, 0.1) is 30.5 Å². The standard InChI is InChI=1S/C36H40N2O5/c39-24-33-21-28-15-7-10-18-31(28)23-38(33)34(40)22-29-16-8-9-17-30(19-26-11-3-1-4-12-26)36(42)43-25-32(37-35(29)41)20-27-13-5-2-6-14-27/h1-15,18,29-30,32-33,39H,16-17,19-25H2,(H,37,41)/t29-,30+,32-,33+/m1/s1. The highest BCUT2D eigenvalue weighted by Crippen LogP contribution is 2.26. The molecule has 3 aromatic rings. The van der Waals surface area contributed by atoms with Crippen molar-refractivity contribution in [3.63, 3.8) is 0 Å². The summed E-state index contributed by atoms with van der Waals surface area (Å²) in [6, 6.07) is 26.9. The molecule has 0 aromatic heterocycles. The van der Waals surface area contributed by atoms with E-state index in [4.69, 9.17) is 4.74 Å². The molecule has 2 N–H and O–H groups in total. The van der Waals surface area contributed by atoms with Gasteiger partial charge >= 0.3 is 5.97 Å². The number of amides is 2. The van der Waals surface area contributed by atoms with E-state index in [1.54, 1.807) is 4.90 Å². The molecule has 0 radical (unpaired) electrons. The first-order valence-corrected chi connectivity index (χ1v) is 15.2. The number of cyclic esters (lactones) is 1. The lowest BCUT2D eigenvalue weighted by Gasteiger charge is -2.36. The van der Waals surface area contributed by atoms with Crippen molar-refractivity contribution in [1.29, 1.82) is 0 Å². The number of rotatable bonds is 7. The first-order valence-electron chi connectivity index (χ1n) is 15.2. The highest BCUT2D eigenvalue weighted by Gasteiger charge is 2.33. The molecule has 2 heterocycles. The fourth-order valence-electron chi connectivity index (χ4n) is 6.01. The Morgan fingerprint density at radius 2 is 1.42 bits per heavy atom. The first kappa shape index (κ1) is 30.2. The zero-order valence-electron chi connectivity index (χ0n) is 24.4. The van der Waals surface area contributed by atoms with Crippen LogP contribution >= 0.6 is 0 Å². The van der Waals surface area contributed by atoms with E-state index in [-0.39, 0.29) is 49.4 Å². The number of hydrogen-bond donors (Lipinski definition) is 2. The number of benzene rings is 3. The first-order chi connectivity index (χ1) is 21.0. The molecule has 0 saturated carbocycles. The van der Waals surface area contributed by atoms with Gasteiger partial charge in [0.1, 0.15) is 6.61 Å². The number of hydrogen-bond acceptors (Lipinski definition) is 5. The number of esters is 1. The monoisotopic (exact) mass is 580 g/mol. The van der Waals surface area contributed by atoms with Gasteiger partial charge in [-0.25, -0.2) is 0 Å². The average Bonchev–Trinajstić information content (AvgIpc) is 3.03. The van der Waals surface area contributed by atoms with Crippen LogP contribution in [0.25, 0.3) is 0 Å². The van der Waals surface area contributed by atoms with Crippen molar-refractivity contribution >= 4 is 17.8 Å². The van der Waals surface area contributed by atoms with E-state index in [1.807, 2.05) is 97.1 Å². The maximum absolute atomic E-state index is 13.7. The second kappa shape index (κ2) is 14.8. The lowest BCUT2D eigenvalue weighted by Crippen LogP contribution is -2.48. The predicted molar refractivity (Wildman–Crippen MR) is 165 cm³/mol. The minimum atomic E-state index is -0.596. The van der Waals surface area contributed by atoms with Gasteiger partial charge in [0, 0.05) is 13.0 Å². The van der Waals surface area contributed by atoms with E-state index in [9.17, 15) is 19.5 Å². The summed E-state index contributed by atoms with van der Waals surface area (Å²) in [5.41, 5.74) is 4.28. The molecule has 7 heteroatoms. The van der Waals surface area contributed by atoms with Gasteiger partial charge in [-0.15, -0.1) is 0 Å². The summed E-state index contributed by atoms with van der Waals surface area (Å²) < 4.78 is 5.82. The van der Waals surface area contributed by atoms with Crippen LogP contribution in [0.2, 0.25) is 0 Å². The highest BCUT2D eigenvalue weighted by molar-refractivity contribution is 5.86. The van der Waals surface area contributed by atoms with Gasteiger partial charge in [-0.2, -0.15) is 0 Å². The molecule has 7 nitrogen and oxygen atoms in total. The van der Waals surface area contributed by atoms with E-state index in [1.165, 1.54) is 0 Å². The van der Waals surface area contributed by atoms with Gasteiger partial charge < -0.3 is 20.1 Å². The Labute approximate surface area is 253 Å². The lowest BCUT2D eigenvalue weighted by molar-refractivity contribution is -0.150. The Hall–Kier alpha value is -4.23. The number of nitrogens with zero attached hydrogens (tertiary/aromatic N) is 1. The molecule has 0 unspecified atom stereocenters. The number of carbonyl (C=O) groups is 3.